The van der Waals surface area contributed by atoms with Crippen molar-refractivity contribution in [1.82, 2.24) is 4.90 Å². The highest BCUT2D eigenvalue weighted by atomic mass is 19.1. The lowest BCUT2D eigenvalue weighted by Gasteiger charge is -2.27. The van der Waals surface area contributed by atoms with E-state index in [1.54, 1.807) is 6.07 Å². The molecule has 0 saturated carbocycles. The molecule has 0 saturated heterocycles. The Morgan fingerprint density at radius 3 is 2.44 bits per heavy atom. The molecule has 1 aliphatic carbocycles. The first kappa shape index (κ1) is 23.4. The van der Waals surface area contributed by atoms with Gasteiger partial charge in [0.25, 0.3) is 0 Å². The number of allylic oxidation sites excluding steroid dienone is 6. The molecule has 0 atom stereocenters. The zero-order valence-corrected chi connectivity index (χ0v) is 20.0. The third-order valence-corrected chi connectivity index (χ3v) is 5.86. The van der Waals surface area contributed by atoms with Gasteiger partial charge in [0.05, 0.1) is 5.71 Å². The van der Waals surface area contributed by atoms with Gasteiger partial charge in [-0.05, 0) is 90.2 Å². The summed E-state index contributed by atoms with van der Waals surface area (Å²) >= 11 is 0. The predicted molar refractivity (Wildman–Crippen MR) is 137 cm³/mol. The summed E-state index contributed by atoms with van der Waals surface area (Å²) in [4.78, 5) is 11.0. The molecule has 4 heteroatoms. The van der Waals surface area contributed by atoms with E-state index in [-0.39, 0.29) is 5.82 Å². The van der Waals surface area contributed by atoms with E-state index in [1.807, 2.05) is 45.0 Å². The lowest BCUT2D eigenvalue weighted by molar-refractivity contribution is 0.505. The van der Waals surface area contributed by atoms with Gasteiger partial charge in [-0.3, -0.25) is 4.99 Å². The van der Waals surface area contributed by atoms with Crippen LogP contribution in [-0.2, 0) is 6.42 Å². The van der Waals surface area contributed by atoms with Gasteiger partial charge in [-0.25, -0.2) is 9.38 Å². The van der Waals surface area contributed by atoms with Crippen LogP contribution in [0, 0.1) is 12.7 Å². The average molecular weight is 430 g/mol. The number of hydrogen-bond donors (Lipinski definition) is 0. The Bertz CT molecular complexity index is 1220. The number of halogens is 1. The van der Waals surface area contributed by atoms with Crippen LogP contribution >= 0.6 is 0 Å². The molecular weight excluding hydrogens is 397 g/mol. The van der Waals surface area contributed by atoms with Crippen LogP contribution in [0.1, 0.15) is 37.5 Å². The van der Waals surface area contributed by atoms with Crippen LogP contribution < -0.4 is 0 Å². The van der Waals surface area contributed by atoms with Gasteiger partial charge in [-0.2, -0.15) is 0 Å². The molecule has 0 N–H and O–H groups in total. The van der Waals surface area contributed by atoms with E-state index in [2.05, 4.69) is 50.3 Å². The Balaban J connectivity index is 2.49. The molecule has 0 fully saturated rings. The fourth-order valence-corrected chi connectivity index (χ4v) is 4.56. The minimum atomic E-state index is -0.169. The van der Waals surface area contributed by atoms with Crippen LogP contribution in [0.15, 0.2) is 75.5 Å². The second-order valence-electron chi connectivity index (χ2n) is 8.21. The molecule has 32 heavy (non-hydrogen) atoms. The highest BCUT2D eigenvalue weighted by Crippen LogP contribution is 2.41. The number of rotatable bonds is 6. The van der Waals surface area contributed by atoms with Crippen molar-refractivity contribution in [3.8, 4) is 0 Å². The number of nitrogens with zero attached hydrogens (tertiary/aromatic N) is 3. The van der Waals surface area contributed by atoms with Crippen LogP contribution in [-0.4, -0.2) is 38.0 Å². The SMILES string of the molecule is C=CC1=CC(=C(/N=C)N(C)C)/C(=N\CC)C(C)=C1c1cc(C)cc2ccc(F)c(CC)c12. The van der Waals surface area contributed by atoms with Gasteiger partial charge in [-0.1, -0.05) is 37.8 Å². The lowest BCUT2D eigenvalue weighted by Crippen LogP contribution is -2.20. The molecule has 0 spiro atoms. The van der Waals surface area contributed by atoms with Gasteiger partial charge < -0.3 is 4.90 Å². The van der Waals surface area contributed by atoms with Crippen molar-refractivity contribution in [2.75, 3.05) is 20.6 Å². The average Bonchev–Trinajstić information content (AvgIpc) is 2.75. The molecule has 3 nitrogen and oxygen atoms in total. The van der Waals surface area contributed by atoms with Gasteiger partial charge in [-0.15, -0.1) is 0 Å². The number of benzene rings is 2. The zero-order chi connectivity index (χ0) is 23.6. The Hall–Kier alpha value is -3.27. The van der Waals surface area contributed by atoms with E-state index in [9.17, 15) is 4.39 Å². The summed E-state index contributed by atoms with van der Waals surface area (Å²) in [7, 11) is 3.89. The van der Waals surface area contributed by atoms with Gasteiger partial charge in [0, 0.05) is 26.2 Å². The molecule has 2 aromatic rings. The van der Waals surface area contributed by atoms with Crippen molar-refractivity contribution in [2.24, 2.45) is 9.98 Å². The molecule has 3 rings (SSSR count). The first-order valence-corrected chi connectivity index (χ1v) is 11.0. The molecule has 1 aliphatic rings. The number of aryl methyl sites for hydroxylation is 2. The van der Waals surface area contributed by atoms with E-state index in [0.29, 0.717) is 13.0 Å². The molecule has 0 aromatic heterocycles. The van der Waals surface area contributed by atoms with E-state index in [4.69, 9.17) is 4.99 Å². The topological polar surface area (TPSA) is 28.0 Å². The van der Waals surface area contributed by atoms with Gasteiger partial charge in [0.2, 0.25) is 0 Å². The third kappa shape index (κ3) is 3.97. The standard InChI is InChI=1S/C28H32FN3/c1-9-19-16-23(28(30-6)32(7)8)27(31-11-3)18(5)25(19)22-15-17(4)14-20-12-13-24(29)21(10-2)26(20)22/h9,12-16H,1,6,10-11H2,2-5,7-8H3/b28-23+,31-27-. The van der Waals surface area contributed by atoms with Crippen molar-refractivity contribution in [3.63, 3.8) is 0 Å². The predicted octanol–water partition coefficient (Wildman–Crippen LogP) is 6.68. The molecule has 0 unspecified atom stereocenters. The van der Waals surface area contributed by atoms with Crippen molar-refractivity contribution in [2.45, 2.75) is 34.1 Å². The number of aliphatic imine (C=N–C) groups is 2. The van der Waals surface area contributed by atoms with Crippen LogP contribution in [0.4, 0.5) is 4.39 Å². The summed E-state index contributed by atoms with van der Waals surface area (Å²) < 4.78 is 14.8. The van der Waals surface area contributed by atoms with Crippen LogP contribution in [0.25, 0.3) is 16.3 Å². The maximum atomic E-state index is 14.8. The fraction of sp³-hybridized carbons (Fsp3) is 0.286. The Morgan fingerprint density at radius 1 is 1.16 bits per heavy atom. The molecule has 0 amide bonds. The summed E-state index contributed by atoms with van der Waals surface area (Å²) in [6.45, 7) is 16.7. The molecule has 0 bridgehead atoms. The van der Waals surface area contributed by atoms with Gasteiger partial charge >= 0.3 is 0 Å². The van der Waals surface area contributed by atoms with E-state index in [0.717, 1.165) is 61.3 Å². The monoisotopic (exact) mass is 429 g/mol. The summed E-state index contributed by atoms with van der Waals surface area (Å²) in [5, 5.41) is 2.00. The second kappa shape index (κ2) is 9.47. The molecule has 0 aliphatic heterocycles. The van der Waals surface area contributed by atoms with E-state index in [1.165, 1.54) is 0 Å². The molecule has 166 valence electrons. The Labute approximate surface area is 191 Å². The largest absolute Gasteiger partial charge is 0.362 e. The highest BCUT2D eigenvalue weighted by molar-refractivity contribution is 6.23. The third-order valence-electron chi connectivity index (χ3n) is 5.86. The van der Waals surface area contributed by atoms with Crippen LogP contribution in [0.5, 0.6) is 0 Å². The Morgan fingerprint density at radius 2 is 1.88 bits per heavy atom. The summed E-state index contributed by atoms with van der Waals surface area (Å²) in [5.41, 5.74) is 7.71. The maximum absolute atomic E-state index is 14.8. The van der Waals surface area contributed by atoms with E-state index >= 15 is 0 Å². The van der Waals surface area contributed by atoms with Crippen molar-refractivity contribution in [1.29, 1.82) is 0 Å². The van der Waals surface area contributed by atoms with Crippen LogP contribution in [0.3, 0.4) is 0 Å². The lowest BCUT2D eigenvalue weighted by atomic mass is 9.80. The zero-order valence-electron chi connectivity index (χ0n) is 20.0. The summed E-state index contributed by atoms with van der Waals surface area (Å²) in [6.07, 6.45) is 4.55. The molecular formula is C28H32FN3. The first-order chi connectivity index (χ1) is 15.3. The fourth-order valence-electron chi connectivity index (χ4n) is 4.56. The van der Waals surface area contributed by atoms with Crippen molar-refractivity contribution in [3.05, 3.63) is 88.0 Å². The molecule has 0 radical (unpaired) electrons. The minimum Gasteiger partial charge on any atom is -0.362 e. The van der Waals surface area contributed by atoms with Gasteiger partial charge in [0.1, 0.15) is 11.6 Å². The summed E-state index contributed by atoms with van der Waals surface area (Å²) in [6, 6.07) is 7.70. The smallest absolute Gasteiger partial charge is 0.136 e. The second-order valence-corrected chi connectivity index (χ2v) is 8.21. The number of fused-ring (bicyclic) bond motifs is 1. The maximum Gasteiger partial charge on any atom is 0.136 e. The summed E-state index contributed by atoms with van der Waals surface area (Å²) in [5.74, 6) is 0.585. The quantitative estimate of drug-likeness (QED) is 0.471. The number of hydrogen-bond acceptors (Lipinski definition) is 3. The van der Waals surface area contributed by atoms with Crippen LogP contribution in [0.2, 0.25) is 0 Å². The normalized spacial score (nSPS) is 17.0. The molecule has 2 aromatic carbocycles. The van der Waals surface area contributed by atoms with Crippen molar-refractivity contribution >= 4 is 28.8 Å². The van der Waals surface area contributed by atoms with Gasteiger partial charge in [0.15, 0.2) is 0 Å². The molecule has 0 heterocycles. The highest BCUT2D eigenvalue weighted by Gasteiger charge is 2.26. The van der Waals surface area contributed by atoms with E-state index < -0.39 is 0 Å². The minimum absolute atomic E-state index is 0.169. The Kier molecular flexibility index (Phi) is 6.93. The van der Waals surface area contributed by atoms with Crippen molar-refractivity contribution < 1.29 is 4.39 Å². The first-order valence-electron chi connectivity index (χ1n) is 11.0.